The van der Waals surface area contributed by atoms with Gasteiger partial charge >= 0.3 is 21.1 Å². The van der Waals surface area contributed by atoms with Crippen LogP contribution in [0.5, 0.6) is 0 Å². The van der Waals surface area contributed by atoms with Crippen molar-refractivity contribution in [3.05, 3.63) is 0 Å². The number of carbonyl (C=O) groups excluding carboxylic acids is 8. The van der Waals surface area contributed by atoms with Crippen molar-refractivity contribution < 1.29 is 79.8 Å². The molecule has 0 saturated carbocycles. The van der Waals surface area contributed by atoms with E-state index >= 15 is 0 Å². The third kappa shape index (κ3) is 25.4. The predicted octanol–water partition coefficient (Wildman–Crippen LogP) is -4.16. The first-order valence-electron chi connectivity index (χ1n) is 9.07. The molecular formula is C20H28O12Pt. The molecule has 0 fully saturated rings. The van der Waals surface area contributed by atoms with Gasteiger partial charge in [-0.15, -0.1) is 0 Å². The van der Waals surface area contributed by atoms with E-state index in [4.69, 9.17) is 0 Å². The van der Waals surface area contributed by atoms with E-state index in [1.165, 1.54) is 55.4 Å². The molecule has 0 aliphatic carbocycles. The Morgan fingerprint density at radius 3 is 0.485 bits per heavy atom. The van der Waals surface area contributed by atoms with Crippen molar-refractivity contribution in [1.29, 1.82) is 0 Å². The zero-order chi connectivity index (χ0) is 26.9. The largest absolute Gasteiger partial charge is 4.00 e. The number of ketones is 4. The van der Waals surface area contributed by atoms with Crippen LogP contribution in [-0.4, -0.2) is 47.0 Å². The molecule has 0 bridgehead atoms. The normalized spacial score (nSPS) is 12.4. The summed E-state index contributed by atoms with van der Waals surface area (Å²) in [6.45, 7) is 10.1. The summed E-state index contributed by atoms with van der Waals surface area (Å²) >= 11 is 0. The maximum Gasteiger partial charge on any atom is 4.00 e. The molecule has 12 nitrogen and oxygen atoms in total. The van der Waals surface area contributed by atoms with Gasteiger partial charge in [-0.05, 0) is 27.7 Å². The molecule has 0 aromatic carbocycles. The van der Waals surface area contributed by atoms with Gasteiger partial charge in [-0.2, -0.15) is 0 Å². The molecule has 33 heavy (non-hydrogen) atoms. The number of aliphatic carboxylic acids is 4. The van der Waals surface area contributed by atoms with E-state index in [1.807, 2.05) is 0 Å². The van der Waals surface area contributed by atoms with E-state index in [2.05, 4.69) is 0 Å². The van der Waals surface area contributed by atoms with Crippen molar-refractivity contribution in [3.8, 4) is 0 Å². The Morgan fingerprint density at radius 2 is 0.485 bits per heavy atom. The number of rotatable bonds is 8. The SMILES string of the molecule is CC(=O)C(C)C(=O)[O-].CC(=O)C(C)C(=O)[O-].CC(=O)C(C)C(=O)[O-].CC(=O)C(C)C(=O)[O-].[Pt+4]. The molecule has 4 atom stereocenters. The average Bonchev–Trinajstić information content (AvgIpc) is 2.65. The summed E-state index contributed by atoms with van der Waals surface area (Å²) in [6, 6.07) is 0. The number of carboxylic acid groups (broad SMARTS) is 4. The molecule has 0 aromatic heterocycles. The van der Waals surface area contributed by atoms with Gasteiger partial charge in [0.2, 0.25) is 0 Å². The van der Waals surface area contributed by atoms with Gasteiger partial charge in [0.05, 0.1) is 47.5 Å². The predicted molar refractivity (Wildman–Crippen MR) is 99.4 cm³/mol. The maximum atomic E-state index is 10.2. The average molecular weight is 656 g/mol. The molecule has 0 amide bonds. The number of carboxylic acids is 4. The first-order chi connectivity index (χ1) is 14.2. The van der Waals surface area contributed by atoms with E-state index < -0.39 is 47.5 Å². The van der Waals surface area contributed by atoms with Gasteiger partial charge in [0.15, 0.2) is 0 Å². The van der Waals surface area contributed by atoms with Crippen LogP contribution in [-0.2, 0) is 59.4 Å². The minimum absolute atomic E-state index is 0. The fourth-order valence-corrected chi connectivity index (χ4v) is 0.664. The number of Topliss-reactive ketones (excluding diaryl/α,β-unsaturated/α-hetero) is 4. The monoisotopic (exact) mass is 655 g/mol. The molecule has 0 aliphatic rings. The zero-order valence-corrected chi connectivity index (χ0v) is 21.8. The Bertz CT molecular complexity index is 538. The summed E-state index contributed by atoms with van der Waals surface area (Å²) < 4.78 is 0. The third-order valence-electron chi connectivity index (χ3n) is 3.85. The van der Waals surface area contributed by atoms with E-state index in [0.29, 0.717) is 0 Å². The Balaban J connectivity index is -0.000000105. The van der Waals surface area contributed by atoms with Crippen molar-refractivity contribution in [1.82, 2.24) is 0 Å². The fourth-order valence-electron chi connectivity index (χ4n) is 0.664. The van der Waals surface area contributed by atoms with Crippen molar-refractivity contribution in [2.45, 2.75) is 55.4 Å². The molecule has 0 radical (unpaired) electrons. The van der Waals surface area contributed by atoms with Gasteiger partial charge in [0.25, 0.3) is 0 Å². The molecule has 0 rings (SSSR count). The van der Waals surface area contributed by atoms with Gasteiger partial charge in [0.1, 0.15) is 23.1 Å². The smallest absolute Gasteiger partial charge is 0.549 e. The number of hydrogen-bond acceptors (Lipinski definition) is 12. The second kappa shape index (κ2) is 21.1. The first kappa shape index (κ1) is 40.6. The molecule has 190 valence electrons. The molecule has 0 aliphatic heterocycles. The standard InChI is InChI=1S/4C5H8O3.Pt/c4*1-3(4(2)6)5(7)8;/h4*3H,1-2H3,(H,7,8);/q;;;;+4/p-4. The van der Waals surface area contributed by atoms with Crippen LogP contribution in [0, 0.1) is 23.7 Å². The summed E-state index contributed by atoms with van der Waals surface area (Å²) in [6.07, 6.45) is 0. The third-order valence-corrected chi connectivity index (χ3v) is 3.85. The van der Waals surface area contributed by atoms with Crippen LogP contribution in [0.2, 0.25) is 0 Å². The Morgan fingerprint density at radius 1 is 0.394 bits per heavy atom. The summed E-state index contributed by atoms with van der Waals surface area (Å²) in [4.78, 5) is 79.9. The Kier molecular flexibility index (Phi) is 26.0. The van der Waals surface area contributed by atoms with Crippen molar-refractivity contribution in [2.75, 3.05) is 0 Å². The van der Waals surface area contributed by atoms with E-state index in [0.717, 1.165) is 0 Å². The summed E-state index contributed by atoms with van der Waals surface area (Å²) in [5.41, 5.74) is 0. The quantitative estimate of drug-likeness (QED) is 0.227. The van der Waals surface area contributed by atoms with Gasteiger partial charge in [0, 0.05) is 0 Å². The molecule has 4 unspecified atom stereocenters. The topological polar surface area (TPSA) is 229 Å². The van der Waals surface area contributed by atoms with Crippen LogP contribution >= 0.6 is 0 Å². The van der Waals surface area contributed by atoms with Crippen molar-refractivity contribution >= 4 is 47.0 Å². The minimum Gasteiger partial charge on any atom is -0.549 e. The van der Waals surface area contributed by atoms with E-state index in [9.17, 15) is 58.8 Å². The second-order valence-corrected chi connectivity index (χ2v) is 6.61. The van der Waals surface area contributed by atoms with Crippen LogP contribution in [0.25, 0.3) is 0 Å². The van der Waals surface area contributed by atoms with Crippen molar-refractivity contribution in [2.24, 2.45) is 23.7 Å². The number of carbonyl (C=O) groups is 8. The Labute approximate surface area is 206 Å². The molecule has 0 N–H and O–H groups in total. The van der Waals surface area contributed by atoms with Crippen LogP contribution in [0.1, 0.15) is 55.4 Å². The molecule has 0 spiro atoms. The van der Waals surface area contributed by atoms with Crippen LogP contribution in [0.15, 0.2) is 0 Å². The van der Waals surface area contributed by atoms with Gasteiger partial charge < -0.3 is 39.6 Å². The summed E-state index contributed by atoms with van der Waals surface area (Å²) in [5.74, 6) is -10.6. The number of hydrogen-bond donors (Lipinski definition) is 0. The molecule has 0 heterocycles. The maximum absolute atomic E-state index is 10.2. The summed E-state index contributed by atoms with van der Waals surface area (Å²) in [5, 5.41) is 39.2. The van der Waals surface area contributed by atoms with Gasteiger partial charge in [-0.3, -0.25) is 19.2 Å². The molecular weight excluding hydrogens is 627 g/mol. The minimum atomic E-state index is -1.31. The molecule has 13 heteroatoms. The Hall–Kier alpha value is -2.75. The van der Waals surface area contributed by atoms with Crippen LogP contribution in [0.4, 0.5) is 0 Å². The van der Waals surface area contributed by atoms with Crippen molar-refractivity contribution in [3.63, 3.8) is 0 Å². The molecule has 0 aromatic rings. The summed E-state index contributed by atoms with van der Waals surface area (Å²) in [7, 11) is 0. The second-order valence-electron chi connectivity index (χ2n) is 6.61. The van der Waals surface area contributed by atoms with Gasteiger partial charge in [-0.1, -0.05) is 27.7 Å². The van der Waals surface area contributed by atoms with E-state index in [1.54, 1.807) is 0 Å². The van der Waals surface area contributed by atoms with Crippen LogP contribution in [0.3, 0.4) is 0 Å². The van der Waals surface area contributed by atoms with Crippen LogP contribution < -0.4 is 20.4 Å². The van der Waals surface area contributed by atoms with E-state index in [-0.39, 0.29) is 44.2 Å². The molecule has 0 saturated heterocycles. The zero-order valence-electron chi connectivity index (χ0n) is 19.5. The van der Waals surface area contributed by atoms with Gasteiger partial charge in [-0.25, -0.2) is 0 Å². The fraction of sp³-hybridized carbons (Fsp3) is 0.600. The first-order valence-corrected chi connectivity index (χ1v) is 9.07.